The molecule has 1 aliphatic rings. The van der Waals surface area contributed by atoms with Crippen LogP contribution in [0.1, 0.15) is 37.9 Å². The minimum Gasteiger partial charge on any atom is -0.504 e. The Hall–Kier alpha value is -3.12. The number of methoxy groups -OCH3 is 1. The Bertz CT molecular complexity index is 1520. The Morgan fingerprint density at radius 3 is 2.58 bits per heavy atom. The summed E-state index contributed by atoms with van der Waals surface area (Å²) in [4.78, 5) is 31.8. The number of fused-ring (bicyclic) bond motifs is 1. The molecule has 0 fully saturated rings. The fourth-order valence-electron chi connectivity index (χ4n) is 3.99. The zero-order chi connectivity index (χ0) is 26.0. The highest BCUT2D eigenvalue weighted by atomic mass is 127. The Balaban J connectivity index is 1.93. The van der Waals surface area contributed by atoms with Crippen LogP contribution in [0.15, 0.2) is 57.5 Å². The van der Waals surface area contributed by atoms with Gasteiger partial charge in [0.1, 0.15) is 5.75 Å². The third kappa shape index (κ3) is 4.92. The second kappa shape index (κ2) is 10.9. The lowest BCUT2D eigenvalue weighted by Crippen LogP contribution is -2.39. The summed E-state index contributed by atoms with van der Waals surface area (Å²) in [6.45, 7) is 5.92. The maximum absolute atomic E-state index is 13.7. The quantitative estimate of drug-likeness (QED) is 0.321. The van der Waals surface area contributed by atoms with Crippen molar-refractivity contribution in [2.75, 3.05) is 20.3 Å². The van der Waals surface area contributed by atoms with E-state index in [0.717, 1.165) is 5.56 Å². The van der Waals surface area contributed by atoms with E-state index in [1.165, 1.54) is 15.9 Å². The van der Waals surface area contributed by atoms with Gasteiger partial charge in [0.15, 0.2) is 16.3 Å². The van der Waals surface area contributed by atoms with Gasteiger partial charge < -0.3 is 19.3 Å². The number of esters is 1. The van der Waals surface area contributed by atoms with E-state index < -0.39 is 12.0 Å². The van der Waals surface area contributed by atoms with Crippen molar-refractivity contribution >= 4 is 46.0 Å². The van der Waals surface area contributed by atoms with E-state index in [1.807, 2.05) is 41.6 Å². The number of hydrogen-bond acceptors (Lipinski definition) is 8. The number of aromatic nitrogens is 1. The fraction of sp³-hybridized carbons (Fsp3) is 0.269. The predicted molar refractivity (Wildman–Crippen MR) is 145 cm³/mol. The van der Waals surface area contributed by atoms with Crippen LogP contribution in [0.5, 0.6) is 17.2 Å². The monoisotopic (exact) mass is 620 g/mol. The van der Waals surface area contributed by atoms with Crippen molar-refractivity contribution in [1.82, 2.24) is 4.57 Å². The van der Waals surface area contributed by atoms with Crippen LogP contribution in [0.3, 0.4) is 0 Å². The van der Waals surface area contributed by atoms with Gasteiger partial charge in [0, 0.05) is 0 Å². The number of rotatable bonds is 7. The summed E-state index contributed by atoms with van der Waals surface area (Å²) in [6.07, 6.45) is 1.74. The molecule has 188 valence electrons. The molecule has 0 saturated carbocycles. The minimum absolute atomic E-state index is 0.0604. The molecule has 0 amide bonds. The molecule has 4 rings (SSSR count). The molecule has 0 radical (unpaired) electrons. The van der Waals surface area contributed by atoms with Crippen LogP contribution < -0.4 is 24.4 Å². The number of allylic oxidation sites excluding steroid dienone is 1. The summed E-state index contributed by atoms with van der Waals surface area (Å²) < 4.78 is 18.7. The molecule has 1 aromatic heterocycles. The molecule has 0 unspecified atom stereocenters. The molecule has 0 aliphatic carbocycles. The van der Waals surface area contributed by atoms with Crippen LogP contribution in [0.2, 0.25) is 0 Å². The number of nitrogens with zero attached hydrogens (tertiary/aromatic N) is 2. The van der Waals surface area contributed by atoms with Gasteiger partial charge >= 0.3 is 5.97 Å². The lowest BCUT2D eigenvalue weighted by Gasteiger charge is -2.24. The summed E-state index contributed by atoms with van der Waals surface area (Å²) >= 11 is 3.26. The minimum atomic E-state index is -0.702. The molecule has 1 atom stereocenters. The molecule has 0 saturated heterocycles. The summed E-state index contributed by atoms with van der Waals surface area (Å²) in [5, 5.41) is 10.3. The number of benzene rings is 2. The number of halogens is 1. The molecule has 2 aromatic carbocycles. The molecule has 1 N–H and O–H groups in total. The lowest BCUT2D eigenvalue weighted by atomic mass is 9.96. The number of ether oxygens (including phenoxy) is 3. The first-order valence-electron chi connectivity index (χ1n) is 11.3. The number of hydrogen-bond donors (Lipinski definition) is 1. The SMILES string of the molecule is CCOC(=O)C1=C(C)N=c2s/c(=C/c3cc(I)c(O)c(OCC)c3)c(=O)n2[C@@H]1c1ccc(OC)cc1. The van der Waals surface area contributed by atoms with Crippen molar-refractivity contribution in [1.29, 1.82) is 0 Å². The normalized spacial score (nSPS) is 15.4. The van der Waals surface area contributed by atoms with E-state index in [4.69, 9.17) is 14.2 Å². The molecular formula is C26H25IN2O6S. The van der Waals surface area contributed by atoms with E-state index in [1.54, 1.807) is 51.3 Å². The summed E-state index contributed by atoms with van der Waals surface area (Å²) in [6, 6.07) is 9.99. The van der Waals surface area contributed by atoms with Crippen molar-refractivity contribution in [2.45, 2.75) is 26.8 Å². The highest BCUT2D eigenvalue weighted by molar-refractivity contribution is 14.1. The molecule has 1 aliphatic heterocycles. The average Bonchev–Trinajstić information content (AvgIpc) is 3.15. The largest absolute Gasteiger partial charge is 0.504 e. The zero-order valence-corrected chi connectivity index (χ0v) is 23.2. The van der Waals surface area contributed by atoms with Gasteiger partial charge in [-0.2, -0.15) is 0 Å². The maximum atomic E-state index is 13.7. The van der Waals surface area contributed by atoms with Gasteiger partial charge in [0.25, 0.3) is 5.56 Å². The standard InChI is InChI=1S/C26H25IN2O6S/c1-5-34-19-12-15(11-18(27)23(19)30)13-20-24(31)29-22(16-7-9-17(33-4)10-8-16)21(25(32)35-6-2)14(3)28-26(29)36-20/h7-13,22,30H,5-6H2,1-4H3/b20-13+/t22-/m1/s1. The summed E-state index contributed by atoms with van der Waals surface area (Å²) in [5.74, 6) is 0.560. The van der Waals surface area contributed by atoms with E-state index in [0.29, 0.717) is 47.8 Å². The second-order valence-corrected chi connectivity index (χ2v) is 10.0. The van der Waals surface area contributed by atoms with Gasteiger partial charge in [-0.25, -0.2) is 9.79 Å². The first-order valence-corrected chi connectivity index (χ1v) is 13.2. The molecule has 2 heterocycles. The third-order valence-electron chi connectivity index (χ3n) is 5.60. The van der Waals surface area contributed by atoms with E-state index >= 15 is 0 Å². The van der Waals surface area contributed by atoms with Crippen molar-refractivity contribution < 1.29 is 24.1 Å². The van der Waals surface area contributed by atoms with Crippen molar-refractivity contribution in [3.8, 4) is 17.2 Å². The molecule has 36 heavy (non-hydrogen) atoms. The van der Waals surface area contributed by atoms with Gasteiger partial charge in [0.2, 0.25) is 0 Å². The number of thiazole rings is 1. The van der Waals surface area contributed by atoms with Gasteiger partial charge in [-0.05, 0) is 84.8 Å². The summed E-state index contributed by atoms with van der Waals surface area (Å²) in [7, 11) is 1.58. The Morgan fingerprint density at radius 2 is 1.94 bits per heavy atom. The van der Waals surface area contributed by atoms with Gasteiger partial charge in [0.05, 0.1) is 45.7 Å². The van der Waals surface area contributed by atoms with Gasteiger partial charge in [-0.1, -0.05) is 23.5 Å². The molecule has 10 heteroatoms. The Kier molecular flexibility index (Phi) is 7.84. The van der Waals surface area contributed by atoms with Crippen molar-refractivity contribution in [3.63, 3.8) is 0 Å². The Labute approximate surface area is 225 Å². The average molecular weight is 620 g/mol. The first kappa shape index (κ1) is 26.0. The number of aromatic hydroxyl groups is 1. The fourth-order valence-corrected chi connectivity index (χ4v) is 5.66. The predicted octanol–water partition coefficient (Wildman–Crippen LogP) is 3.52. The van der Waals surface area contributed by atoms with E-state index in [9.17, 15) is 14.7 Å². The summed E-state index contributed by atoms with van der Waals surface area (Å²) in [5.41, 5.74) is 1.97. The smallest absolute Gasteiger partial charge is 0.338 e. The van der Waals surface area contributed by atoms with Crippen LogP contribution in [0, 0.1) is 3.57 Å². The van der Waals surface area contributed by atoms with Crippen LogP contribution in [-0.4, -0.2) is 36.0 Å². The molecular weight excluding hydrogens is 595 g/mol. The van der Waals surface area contributed by atoms with Crippen LogP contribution in [0.4, 0.5) is 0 Å². The lowest BCUT2D eigenvalue weighted by molar-refractivity contribution is -0.139. The van der Waals surface area contributed by atoms with Crippen LogP contribution in [-0.2, 0) is 9.53 Å². The third-order valence-corrected chi connectivity index (χ3v) is 7.40. The number of phenolic OH excluding ortho intramolecular Hbond substituents is 1. The van der Waals surface area contributed by atoms with Crippen molar-refractivity contribution in [3.05, 3.63) is 82.1 Å². The van der Waals surface area contributed by atoms with Gasteiger partial charge in [-0.15, -0.1) is 0 Å². The molecule has 0 bridgehead atoms. The van der Waals surface area contributed by atoms with E-state index in [2.05, 4.69) is 4.99 Å². The molecule has 8 nitrogen and oxygen atoms in total. The zero-order valence-electron chi connectivity index (χ0n) is 20.2. The number of carbonyl (C=O) groups excluding carboxylic acids is 1. The van der Waals surface area contributed by atoms with Crippen LogP contribution in [0.25, 0.3) is 6.08 Å². The molecule has 3 aromatic rings. The second-order valence-electron chi connectivity index (χ2n) is 7.86. The highest BCUT2D eigenvalue weighted by Crippen LogP contribution is 2.33. The van der Waals surface area contributed by atoms with Crippen LogP contribution >= 0.6 is 33.9 Å². The van der Waals surface area contributed by atoms with Crippen molar-refractivity contribution in [2.24, 2.45) is 4.99 Å². The first-order chi connectivity index (χ1) is 17.3. The number of carbonyl (C=O) groups is 1. The highest BCUT2D eigenvalue weighted by Gasteiger charge is 2.33. The number of phenols is 1. The Morgan fingerprint density at radius 1 is 1.22 bits per heavy atom. The topological polar surface area (TPSA) is 99.4 Å². The molecule has 0 spiro atoms. The van der Waals surface area contributed by atoms with E-state index in [-0.39, 0.29) is 17.9 Å². The maximum Gasteiger partial charge on any atom is 0.338 e. The van der Waals surface area contributed by atoms with Gasteiger partial charge in [-0.3, -0.25) is 9.36 Å².